The molecule has 3 aromatic carbocycles. The Bertz CT molecular complexity index is 1650. The first-order valence-electron chi connectivity index (χ1n) is 13.3. The van der Waals surface area contributed by atoms with Crippen LogP contribution in [0.2, 0.25) is 5.02 Å². The Hall–Kier alpha value is -4.17. The molecular weight excluding hydrogens is 531 g/mol. The summed E-state index contributed by atoms with van der Waals surface area (Å²) in [5.74, 6) is -1.88. The van der Waals surface area contributed by atoms with E-state index in [1.165, 1.54) is 12.1 Å². The molecule has 0 unspecified atom stereocenters. The van der Waals surface area contributed by atoms with Crippen LogP contribution in [0.3, 0.4) is 0 Å². The molecule has 3 amide bonds. The first-order chi connectivity index (χ1) is 19.3. The Kier molecular flexibility index (Phi) is 6.58. The van der Waals surface area contributed by atoms with E-state index in [0.717, 1.165) is 27.7 Å². The molecule has 2 aliphatic heterocycles. The molecule has 6 rings (SSSR count). The van der Waals surface area contributed by atoms with Gasteiger partial charge in [-0.3, -0.25) is 14.4 Å². The molecule has 1 aromatic heterocycles. The van der Waals surface area contributed by atoms with Gasteiger partial charge in [0.15, 0.2) is 0 Å². The van der Waals surface area contributed by atoms with Crippen molar-refractivity contribution >= 4 is 40.2 Å². The lowest BCUT2D eigenvalue weighted by Gasteiger charge is -2.38. The molecule has 0 saturated heterocycles. The highest BCUT2D eigenvalue weighted by atomic mass is 35.5. The Balaban J connectivity index is 1.30. The van der Waals surface area contributed by atoms with E-state index < -0.39 is 35.8 Å². The summed E-state index contributed by atoms with van der Waals surface area (Å²) < 4.78 is 14.2. The molecule has 0 saturated carbocycles. The molecule has 4 aromatic rings. The smallest absolute Gasteiger partial charge is 0.255 e. The quantitative estimate of drug-likeness (QED) is 0.315. The Labute approximate surface area is 235 Å². The number of halogens is 2. The monoisotopic (exact) mass is 558 g/mol. The SMILES string of the molecule is CC(C)[C@H](NC(=O)[C@@H]1Cc2c([nH]c3ccccc23)[C@@H]2c3ccccc3C(=O)N21)C(=O)NCc1c(F)cccc1Cl. The fraction of sp³-hybridized carbons (Fsp3) is 0.258. The minimum Gasteiger partial charge on any atom is -0.356 e. The maximum absolute atomic E-state index is 14.2. The number of para-hydroxylation sites is 1. The second kappa shape index (κ2) is 10.1. The summed E-state index contributed by atoms with van der Waals surface area (Å²) in [6.07, 6.45) is 0.304. The number of carbonyl (C=O) groups excluding carboxylic acids is 3. The van der Waals surface area contributed by atoms with E-state index in [1.807, 2.05) is 56.3 Å². The fourth-order valence-electron chi connectivity index (χ4n) is 5.91. The van der Waals surface area contributed by atoms with E-state index in [9.17, 15) is 18.8 Å². The van der Waals surface area contributed by atoms with Gasteiger partial charge in [0.2, 0.25) is 11.8 Å². The van der Waals surface area contributed by atoms with Gasteiger partial charge >= 0.3 is 0 Å². The van der Waals surface area contributed by atoms with Gasteiger partial charge in [-0.05, 0) is 41.3 Å². The molecule has 40 heavy (non-hydrogen) atoms. The molecule has 7 nitrogen and oxygen atoms in total. The van der Waals surface area contributed by atoms with Crippen LogP contribution in [0.15, 0.2) is 66.7 Å². The maximum atomic E-state index is 14.2. The lowest BCUT2D eigenvalue weighted by Crippen LogP contribution is -2.57. The van der Waals surface area contributed by atoms with Gasteiger partial charge < -0.3 is 20.5 Å². The van der Waals surface area contributed by atoms with E-state index >= 15 is 0 Å². The summed E-state index contributed by atoms with van der Waals surface area (Å²) in [6, 6.07) is 17.5. The standard InChI is InChI=1S/C31H28ClFN4O3/c1-16(2)26(30(39)34-15-21-22(32)11-7-12-23(21)33)36-29(38)25-14-20-17-8-5-6-13-24(17)35-27(20)28-18-9-3-4-10-19(18)31(40)37(25)28/h3-13,16,25-26,28,35H,14-15H2,1-2H3,(H,34,39)(H,36,38)/t25-,26-,28-/m0/s1. The van der Waals surface area contributed by atoms with Crippen molar-refractivity contribution in [2.45, 2.75) is 44.9 Å². The number of rotatable bonds is 6. The van der Waals surface area contributed by atoms with Crippen LogP contribution in [-0.4, -0.2) is 39.7 Å². The highest BCUT2D eigenvalue weighted by Crippen LogP contribution is 2.46. The lowest BCUT2D eigenvalue weighted by atomic mass is 9.89. The van der Waals surface area contributed by atoms with Crippen molar-refractivity contribution in [2.24, 2.45) is 5.92 Å². The van der Waals surface area contributed by atoms with Gasteiger partial charge in [-0.25, -0.2) is 4.39 Å². The molecule has 0 aliphatic carbocycles. The van der Waals surface area contributed by atoms with Crippen LogP contribution in [0.25, 0.3) is 10.9 Å². The van der Waals surface area contributed by atoms with Crippen molar-refractivity contribution in [2.75, 3.05) is 0 Å². The molecule has 2 aliphatic rings. The second-order valence-electron chi connectivity index (χ2n) is 10.6. The molecule has 0 bridgehead atoms. The highest BCUT2D eigenvalue weighted by Gasteiger charge is 2.49. The molecule has 0 fully saturated rings. The van der Waals surface area contributed by atoms with Gasteiger partial charge in [0.1, 0.15) is 17.9 Å². The van der Waals surface area contributed by atoms with Crippen LogP contribution in [0, 0.1) is 11.7 Å². The van der Waals surface area contributed by atoms with Crippen molar-refractivity contribution in [3.05, 3.63) is 106 Å². The average molecular weight is 559 g/mol. The van der Waals surface area contributed by atoms with Crippen LogP contribution >= 0.6 is 11.6 Å². The molecule has 3 atom stereocenters. The fourth-order valence-corrected chi connectivity index (χ4v) is 6.14. The topological polar surface area (TPSA) is 94.3 Å². The first-order valence-corrected chi connectivity index (χ1v) is 13.7. The van der Waals surface area contributed by atoms with Crippen LogP contribution in [0.1, 0.15) is 52.6 Å². The predicted octanol–water partition coefficient (Wildman–Crippen LogP) is 4.89. The van der Waals surface area contributed by atoms with Gasteiger partial charge in [-0.1, -0.05) is 67.9 Å². The van der Waals surface area contributed by atoms with E-state index in [2.05, 4.69) is 15.6 Å². The predicted molar refractivity (Wildman–Crippen MR) is 150 cm³/mol. The third-order valence-corrected chi connectivity index (χ3v) is 8.26. The molecular formula is C31H28ClFN4O3. The summed E-state index contributed by atoms with van der Waals surface area (Å²) in [6.45, 7) is 3.52. The van der Waals surface area contributed by atoms with Crippen LogP contribution in [0.4, 0.5) is 4.39 Å². The lowest BCUT2D eigenvalue weighted by molar-refractivity contribution is -0.133. The zero-order chi connectivity index (χ0) is 28.1. The number of hydrogen-bond donors (Lipinski definition) is 3. The molecule has 204 valence electrons. The highest BCUT2D eigenvalue weighted by molar-refractivity contribution is 6.31. The number of aromatic amines is 1. The number of carbonyl (C=O) groups is 3. The second-order valence-corrected chi connectivity index (χ2v) is 11.0. The third kappa shape index (κ3) is 4.23. The number of benzene rings is 3. The molecule has 0 spiro atoms. The van der Waals surface area contributed by atoms with Gasteiger partial charge in [-0.15, -0.1) is 0 Å². The van der Waals surface area contributed by atoms with Crippen LogP contribution in [-0.2, 0) is 22.6 Å². The van der Waals surface area contributed by atoms with Crippen LogP contribution < -0.4 is 10.6 Å². The van der Waals surface area contributed by atoms with Crippen LogP contribution in [0.5, 0.6) is 0 Å². The molecule has 3 heterocycles. The van der Waals surface area contributed by atoms with Crippen molar-refractivity contribution in [1.82, 2.24) is 20.5 Å². The number of H-pyrrole nitrogens is 1. The van der Waals surface area contributed by atoms with E-state index in [-0.39, 0.29) is 29.0 Å². The summed E-state index contributed by atoms with van der Waals surface area (Å²) >= 11 is 6.12. The summed E-state index contributed by atoms with van der Waals surface area (Å²) in [7, 11) is 0. The normalized spacial score (nSPS) is 18.3. The van der Waals surface area contributed by atoms with E-state index in [0.29, 0.717) is 12.0 Å². The number of nitrogens with one attached hydrogen (secondary N) is 3. The van der Waals surface area contributed by atoms with Crippen molar-refractivity contribution in [3.8, 4) is 0 Å². The van der Waals surface area contributed by atoms with Gasteiger partial charge in [0.25, 0.3) is 5.91 Å². The van der Waals surface area contributed by atoms with Gasteiger partial charge in [0, 0.05) is 45.7 Å². The number of nitrogens with zero attached hydrogens (tertiary/aromatic N) is 1. The van der Waals surface area contributed by atoms with Gasteiger partial charge in [0.05, 0.1) is 6.04 Å². The number of hydrogen-bond acceptors (Lipinski definition) is 3. The number of amides is 3. The largest absolute Gasteiger partial charge is 0.356 e. The average Bonchev–Trinajstić information content (AvgIpc) is 3.46. The molecule has 3 N–H and O–H groups in total. The zero-order valence-corrected chi connectivity index (χ0v) is 22.8. The molecule has 0 radical (unpaired) electrons. The Morgan fingerprint density at radius 3 is 2.60 bits per heavy atom. The zero-order valence-electron chi connectivity index (χ0n) is 22.0. The van der Waals surface area contributed by atoms with Crippen molar-refractivity contribution < 1.29 is 18.8 Å². The van der Waals surface area contributed by atoms with Gasteiger partial charge in [-0.2, -0.15) is 0 Å². The Morgan fingerprint density at radius 1 is 1.07 bits per heavy atom. The van der Waals surface area contributed by atoms with Crippen molar-refractivity contribution in [3.63, 3.8) is 0 Å². The summed E-state index contributed by atoms with van der Waals surface area (Å²) in [4.78, 5) is 45.9. The summed E-state index contributed by atoms with van der Waals surface area (Å²) in [5, 5.41) is 6.83. The van der Waals surface area contributed by atoms with E-state index in [1.54, 1.807) is 17.0 Å². The summed E-state index contributed by atoms with van der Waals surface area (Å²) in [5.41, 5.74) is 4.42. The Morgan fingerprint density at radius 2 is 1.82 bits per heavy atom. The number of fused-ring (bicyclic) bond motifs is 7. The third-order valence-electron chi connectivity index (χ3n) is 7.90. The maximum Gasteiger partial charge on any atom is 0.255 e. The first kappa shape index (κ1) is 26.1. The minimum atomic E-state index is -0.902. The molecule has 9 heteroatoms. The van der Waals surface area contributed by atoms with Crippen molar-refractivity contribution in [1.29, 1.82) is 0 Å². The minimum absolute atomic E-state index is 0.118. The number of aromatic nitrogens is 1. The van der Waals surface area contributed by atoms with E-state index in [4.69, 9.17) is 11.6 Å².